The van der Waals surface area contributed by atoms with Gasteiger partial charge in [0.2, 0.25) is 5.91 Å². The second-order valence-electron chi connectivity index (χ2n) is 7.33. The first-order valence-electron chi connectivity index (χ1n) is 10.1. The van der Waals surface area contributed by atoms with Crippen molar-refractivity contribution in [3.05, 3.63) is 70.2 Å². The van der Waals surface area contributed by atoms with Crippen molar-refractivity contribution in [1.82, 2.24) is 15.1 Å². The topological polar surface area (TPSA) is 57.2 Å². The van der Waals surface area contributed by atoms with E-state index in [0.29, 0.717) is 37.7 Å². The van der Waals surface area contributed by atoms with Crippen LogP contribution >= 0.6 is 35.6 Å². The number of carbonyl (C=O) groups excluding carboxylic acids is 1. The summed E-state index contributed by atoms with van der Waals surface area (Å²) in [6, 6.07) is 15.8. The smallest absolute Gasteiger partial charge is 0.227 e. The van der Waals surface area contributed by atoms with Crippen LogP contribution in [0.3, 0.4) is 0 Å². The van der Waals surface area contributed by atoms with Crippen LogP contribution in [0.2, 0.25) is 5.02 Å². The first-order chi connectivity index (χ1) is 14.6. The molecular formula is C23H30ClIN4O2. The van der Waals surface area contributed by atoms with Crippen molar-refractivity contribution in [2.45, 2.75) is 19.6 Å². The molecule has 31 heavy (non-hydrogen) atoms. The predicted octanol–water partition coefficient (Wildman–Crippen LogP) is 3.57. The Morgan fingerprint density at radius 2 is 1.68 bits per heavy atom. The number of methoxy groups -OCH3 is 1. The lowest BCUT2D eigenvalue weighted by Gasteiger charge is -2.36. The van der Waals surface area contributed by atoms with Crippen molar-refractivity contribution in [2.24, 2.45) is 4.99 Å². The van der Waals surface area contributed by atoms with Gasteiger partial charge in [-0.25, -0.2) is 0 Å². The first kappa shape index (κ1) is 25.4. The van der Waals surface area contributed by atoms with E-state index in [1.165, 1.54) is 5.56 Å². The van der Waals surface area contributed by atoms with Crippen LogP contribution < -0.4 is 5.32 Å². The number of carbonyl (C=O) groups is 1. The lowest BCUT2D eigenvalue weighted by molar-refractivity contribution is -0.131. The quantitative estimate of drug-likeness (QED) is 0.336. The number of rotatable bonds is 6. The van der Waals surface area contributed by atoms with Crippen molar-refractivity contribution in [3.8, 4) is 0 Å². The Hall–Kier alpha value is -1.84. The summed E-state index contributed by atoms with van der Waals surface area (Å²) in [4.78, 5) is 21.2. The number of hydrogen-bond acceptors (Lipinski definition) is 3. The Morgan fingerprint density at radius 1 is 1.03 bits per heavy atom. The highest BCUT2D eigenvalue weighted by Crippen LogP contribution is 2.13. The normalized spacial score (nSPS) is 14.2. The van der Waals surface area contributed by atoms with Crippen molar-refractivity contribution >= 4 is 47.4 Å². The summed E-state index contributed by atoms with van der Waals surface area (Å²) >= 11 is 6.02. The Bertz CT molecular complexity index is 885. The molecule has 2 aromatic carbocycles. The van der Waals surface area contributed by atoms with Crippen molar-refractivity contribution in [1.29, 1.82) is 0 Å². The largest absolute Gasteiger partial charge is 0.380 e. The van der Waals surface area contributed by atoms with Gasteiger partial charge >= 0.3 is 0 Å². The average Bonchev–Trinajstić information content (AvgIpc) is 2.75. The summed E-state index contributed by atoms with van der Waals surface area (Å²) in [6.45, 7) is 4.17. The van der Waals surface area contributed by atoms with Crippen molar-refractivity contribution in [3.63, 3.8) is 0 Å². The van der Waals surface area contributed by atoms with Gasteiger partial charge in [-0.15, -0.1) is 24.0 Å². The van der Waals surface area contributed by atoms with Crippen LogP contribution in [0, 0.1) is 0 Å². The Morgan fingerprint density at radius 3 is 2.35 bits per heavy atom. The number of nitrogens with one attached hydrogen (secondary N) is 1. The second kappa shape index (κ2) is 12.9. The maximum atomic E-state index is 12.6. The molecule has 1 saturated heterocycles. The fraction of sp³-hybridized carbons (Fsp3) is 0.391. The molecule has 0 atom stereocenters. The molecule has 1 N–H and O–H groups in total. The molecule has 0 saturated carbocycles. The molecule has 8 heteroatoms. The molecule has 0 unspecified atom stereocenters. The molecule has 1 aliphatic rings. The predicted molar refractivity (Wildman–Crippen MR) is 136 cm³/mol. The third kappa shape index (κ3) is 7.66. The van der Waals surface area contributed by atoms with Crippen molar-refractivity contribution in [2.75, 3.05) is 40.3 Å². The van der Waals surface area contributed by atoms with Crippen LogP contribution in [-0.4, -0.2) is 62.0 Å². The number of aliphatic imine (C=N–C) groups is 1. The number of hydrogen-bond donors (Lipinski definition) is 1. The van der Waals surface area contributed by atoms with E-state index in [4.69, 9.17) is 16.3 Å². The van der Waals surface area contributed by atoms with Gasteiger partial charge < -0.3 is 19.9 Å². The highest BCUT2D eigenvalue weighted by Gasteiger charge is 2.23. The SMILES string of the molecule is CN=C(NCc1cccc(COC)c1)N1CCN(C(=O)Cc2cccc(Cl)c2)CC1.I. The second-order valence-corrected chi connectivity index (χ2v) is 7.76. The third-order valence-corrected chi connectivity index (χ3v) is 5.38. The van der Waals surface area contributed by atoms with Crippen LogP contribution in [0.1, 0.15) is 16.7 Å². The van der Waals surface area contributed by atoms with Gasteiger partial charge in [0.05, 0.1) is 13.0 Å². The monoisotopic (exact) mass is 556 g/mol. The number of piperazine rings is 1. The van der Waals surface area contributed by atoms with Gasteiger partial charge in [-0.1, -0.05) is 48.0 Å². The molecular weight excluding hydrogens is 527 g/mol. The van der Waals surface area contributed by atoms with Gasteiger partial charge in [-0.05, 0) is 28.8 Å². The average molecular weight is 557 g/mol. The van der Waals surface area contributed by atoms with E-state index in [2.05, 4.69) is 33.4 Å². The molecule has 0 bridgehead atoms. The number of ether oxygens (including phenoxy) is 1. The molecule has 0 radical (unpaired) electrons. The maximum absolute atomic E-state index is 12.6. The molecule has 1 heterocycles. The van der Waals surface area contributed by atoms with Crippen LogP contribution in [0.25, 0.3) is 0 Å². The minimum Gasteiger partial charge on any atom is -0.380 e. The van der Waals surface area contributed by atoms with E-state index in [9.17, 15) is 4.79 Å². The summed E-state index contributed by atoms with van der Waals surface area (Å²) in [5.74, 6) is 0.990. The van der Waals surface area contributed by atoms with E-state index in [-0.39, 0.29) is 29.9 Å². The molecule has 1 amide bonds. The molecule has 0 aliphatic carbocycles. The van der Waals surface area contributed by atoms with Crippen LogP contribution in [-0.2, 0) is 29.1 Å². The summed E-state index contributed by atoms with van der Waals surface area (Å²) < 4.78 is 5.21. The summed E-state index contributed by atoms with van der Waals surface area (Å²) in [5.41, 5.74) is 3.28. The summed E-state index contributed by atoms with van der Waals surface area (Å²) in [6.07, 6.45) is 0.380. The molecule has 2 aromatic rings. The first-order valence-corrected chi connectivity index (χ1v) is 10.5. The number of halogens is 2. The number of amides is 1. The number of benzene rings is 2. The molecule has 168 valence electrons. The minimum atomic E-state index is 0. The van der Waals surface area contributed by atoms with E-state index >= 15 is 0 Å². The lowest BCUT2D eigenvalue weighted by Crippen LogP contribution is -2.53. The fourth-order valence-corrected chi connectivity index (χ4v) is 3.82. The van der Waals surface area contributed by atoms with E-state index in [0.717, 1.165) is 30.2 Å². The number of guanidine groups is 1. The molecule has 0 spiro atoms. The minimum absolute atomic E-state index is 0. The van der Waals surface area contributed by atoms with E-state index in [1.54, 1.807) is 14.2 Å². The van der Waals surface area contributed by atoms with Gasteiger partial charge in [0.25, 0.3) is 0 Å². The molecule has 0 aromatic heterocycles. The van der Waals surface area contributed by atoms with Gasteiger partial charge in [-0.3, -0.25) is 9.79 Å². The highest BCUT2D eigenvalue weighted by atomic mass is 127. The van der Waals surface area contributed by atoms with Crippen LogP contribution in [0.15, 0.2) is 53.5 Å². The maximum Gasteiger partial charge on any atom is 0.227 e. The zero-order valence-electron chi connectivity index (χ0n) is 18.0. The lowest BCUT2D eigenvalue weighted by atomic mass is 10.1. The highest BCUT2D eigenvalue weighted by molar-refractivity contribution is 14.0. The molecule has 1 aliphatic heterocycles. The summed E-state index contributed by atoms with van der Waals surface area (Å²) in [5, 5.41) is 4.09. The Labute approximate surface area is 206 Å². The van der Waals surface area contributed by atoms with E-state index < -0.39 is 0 Å². The molecule has 6 nitrogen and oxygen atoms in total. The Balaban J connectivity index is 0.00000341. The van der Waals surface area contributed by atoms with Gasteiger partial charge in [0, 0.05) is 51.9 Å². The Kier molecular flexibility index (Phi) is 10.6. The molecule has 1 fully saturated rings. The fourth-order valence-electron chi connectivity index (χ4n) is 3.61. The van der Waals surface area contributed by atoms with Crippen molar-refractivity contribution < 1.29 is 9.53 Å². The summed E-state index contributed by atoms with van der Waals surface area (Å²) in [7, 11) is 3.49. The van der Waals surface area contributed by atoms with Gasteiger partial charge in [-0.2, -0.15) is 0 Å². The van der Waals surface area contributed by atoms with Crippen LogP contribution in [0.4, 0.5) is 0 Å². The zero-order chi connectivity index (χ0) is 21.3. The standard InChI is InChI=1S/C23H29ClN4O2.HI/c1-25-23(26-16-19-6-3-7-20(13-19)17-30-2)28-11-9-27(10-12-28)22(29)15-18-5-4-8-21(24)14-18;/h3-8,13-14H,9-12,15-17H2,1-2H3,(H,25,26);1H. The zero-order valence-corrected chi connectivity index (χ0v) is 21.1. The molecule has 3 rings (SSSR count). The van der Waals surface area contributed by atoms with Gasteiger partial charge in [0.1, 0.15) is 0 Å². The third-order valence-electron chi connectivity index (χ3n) is 5.14. The van der Waals surface area contributed by atoms with Crippen LogP contribution in [0.5, 0.6) is 0 Å². The van der Waals surface area contributed by atoms with E-state index in [1.807, 2.05) is 35.2 Å². The van der Waals surface area contributed by atoms with Gasteiger partial charge in [0.15, 0.2) is 5.96 Å². The number of nitrogens with zero attached hydrogens (tertiary/aromatic N) is 3.